The second-order valence-electron chi connectivity index (χ2n) is 7.96. The first kappa shape index (κ1) is 21.9. The van der Waals surface area contributed by atoms with Crippen molar-refractivity contribution < 1.29 is 18.3 Å². The highest BCUT2D eigenvalue weighted by Crippen LogP contribution is 2.35. The van der Waals surface area contributed by atoms with Crippen LogP contribution >= 0.6 is 11.3 Å². The number of aryl methyl sites for hydroxylation is 1. The summed E-state index contributed by atoms with van der Waals surface area (Å²) >= 11 is 1.33. The van der Waals surface area contributed by atoms with E-state index in [-0.39, 0.29) is 5.19 Å². The summed E-state index contributed by atoms with van der Waals surface area (Å²) in [5.74, 6) is 0. The molecule has 0 bridgehead atoms. The average molecular weight is 450 g/mol. The second-order valence-corrected chi connectivity index (χ2v) is 8.93. The Morgan fingerprint density at radius 2 is 1.68 bits per heavy atom. The molecule has 4 rings (SSSR count). The molecule has 0 radical (unpaired) electrons. The maximum Gasteiger partial charge on any atom is 0.416 e. The van der Waals surface area contributed by atoms with Crippen LogP contribution in [0.2, 0.25) is 0 Å². The van der Waals surface area contributed by atoms with Gasteiger partial charge in [0.05, 0.1) is 21.5 Å². The number of unbranched alkanes of at least 4 members (excludes halogenated alkanes) is 2. The van der Waals surface area contributed by atoms with Crippen molar-refractivity contribution >= 4 is 27.2 Å². The average Bonchev–Trinajstić information content (AvgIpc) is 3.14. The SMILES string of the molecule is Oc1nc2cccc(N3CCN(CCCCCc4ccc(C(F)(F)F)cc4)CC3)c2s1. The van der Waals surface area contributed by atoms with E-state index in [9.17, 15) is 18.3 Å². The fraction of sp³-hybridized carbons (Fsp3) is 0.435. The van der Waals surface area contributed by atoms with E-state index in [1.54, 1.807) is 12.1 Å². The van der Waals surface area contributed by atoms with E-state index in [0.29, 0.717) is 0 Å². The Bertz CT molecular complexity index is 995. The molecular formula is C23H26F3N3OS. The second kappa shape index (κ2) is 9.44. The van der Waals surface area contributed by atoms with Crippen LogP contribution in [0.15, 0.2) is 42.5 Å². The summed E-state index contributed by atoms with van der Waals surface area (Å²) in [4.78, 5) is 9.00. The fourth-order valence-electron chi connectivity index (χ4n) is 4.09. The predicted octanol–water partition coefficient (Wildman–Crippen LogP) is 5.56. The van der Waals surface area contributed by atoms with Gasteiger partial charge in [0.2, 0.25) is 0 Å². The van der Waals surface area contributed by atoms with Crippen LogP contribution in [0.5, 0.6) is 5.19 Å². The molecule has 0 saturated carbocycles. The van der Waals surface area contributed by atoms with Crippen LogP contribution in [0, 0.1) is 0 Å². The van der Waals surface area contributed by atoms with Crippen molar-refractivity contribution in [3.05, 3.63) is 53.6 Å². The molecule has 3 aromatic rings. The van der Waals surface area contributed by atoms with Crippen molar-refractivity contribution in [1.29, 1.82) is 0 Å². The van der Waals surface area contributed by atoms with E-state index in [1.807, 2.05) is 12.1 Å². The van der Waals surface area contributed by atoms with E-state index < -0.39 is 11.7 Å². The number of alkyl halides is 3. The Kier molecular flexibility index (Phi) is 6.67. The standard InChI is InChI=1S/C23H26F3N3OS/c24-23(25,26)18-10-8-17(9-11-18)5-2-1-3-12-28-13-15-29(16-14-28)20-7-4-6-19-21(20)31-22(30)27-19/h4,6-11H,1-3,5,12-16H2,(H,27,30). The molecule has 1 N–H and O–H groups in total. The summed E-state index contributed by atoms with van der Waals surface area (Å²) in [5, 5.41) is 9.82. The molecule has 1 saturated heterocycles. The first-order valence-corrected chi connectivity index (χ1v) is 11.4. The van der Waals surface area contributed by atoms with Crippen LogP contribution in [-0.2, 0) is 12.6 Å². The molecule has 1 aliphatic rings. The highest BCUT2D eigenvalue weighted by Gasteiger charge is 2.29. The number of nitrogens with zero attached hydrogens (tertiary/aromatic N) is 3. The molecule has 1 aromatic heterocycles. The van der Waals surface area contributed by atoms with Crippen LogP contribution in [0.4, 0.5) is 18.9 Å². The molecule has 0 amide bonds. The molecule has 0 aliphatic carbocycles. The van der Waals surface area contributed by atoms with Gasteiger partial charge in [-0.25, -0.2) is 4.98 Å². The zero-order valence-corrected chi connectivity index (χ0v) is 18.1. The maximum atomic E-state index is 12.6. The third kappa shape index (κ3) is 5.49. The van der Waals surface area contributed by atoms with Crippen LogP contribution in [0.1, 0.15) is 30.4 Å². The molecule has 1 aliphatic heterocycles. The summed E-state index contributed by atoms with van der Waals surface area (Å²) in [6.45, 7) is 4.94. The van der Waals surface area contributed by atoms with Gasteiger partial charge in [-0.3, -0.25) is 4.90 Å². The molecular weight excluding hydrogens is 423 g/mol. The molecule has 8 heteroatoms. The number of fused-ring (bicyclic) bond motifs is 1. The smallest absolute Gasteiger partial charge is 0.416 e. The number of thiazole rings is 1. The molecule has 0 spiro atoms. The number of rotatable bonds is 7. The van der Waals surface area contributed by atoms with Crippen molar-refractivity contribution in [3.63, 3.8) is 0 Å². The number of hydrogen-bond acceptors (Lipinski definition) is 5. The van der Waals surface area contributed by atoms with Crippen molar-refractivity contribution in [2.45, 2.75) is 31.9 Å². The summed E-state index contributed by atoms with van der Waals surface area (Å²) in [6, 6.07) is 11.5. The quantitative estimate of drug-likeness (QED) is 0.480. The molecule has 4 nitrogen and oxygen atoms in total. The van der Waals surface area contributed by atoms with Gasteiger partial charge in [-0.2, -0.15) is 13.2 Å². The summed E-state index contributed by atoms with van der Waals surface area (Å²) < 4.78 is 38.9. The Labute approximate surface area is 183 Å². The van der Waals surface area contributed by atoms with Crippen molar-refractivity contribution in [2.24, 2.45) is 0 Å². The van der Waals surface area contributed by atoms with E-state index in [1.165, 1.54) is 23.5 Å². The minimum Gasteiger partial charge on any atom is -0.486 e. The van der Waals surface area contributed by atoms with Crippen molar-refractivity contribution in [2.75, 3.05) is 37.6 Å². The molecule has 2 aromatic carbocycles. The monoisotopic (exact) mass is 449 g/mol. The van der Waals surface area contributed by atoms with Gasteiger partial charge in [-0.05, 0) is 55.6 Å². The minimum absolute atomic E-state index is 0.109. The first-order chi connectivity index (χ1) is 14.9. The molecule has 0 atom stereocenters. The van der Waals surface area contributed by atoms with Gasteiger partial charge < -0.3 is 10.0 Å². The van der Waals surface area contributed by atoms with E-state index in [4.69, 9.17) is 0 Å². The van der Waals surface area contributed by atoms with Gasteiger partial charge in [0, 0.05) is 26.2 Å². The van der Waals surface area contributed by atoms with E-state index in [2.05, 4.69) is 20.9 Å². The van der Waals surface area contributed by atoms with E-state index in [0.717, 1.165) is 79.9 Å². The Morgan fingerprint density at radius 3 is 2.39 bits per heavy atom. The van der Waals surface area contributed by atoms with Gasteiger partial charge >= 0.3 is 6.18 Å². The lowest BCUT2D eigenvalue weighted by atomic mass is 10.0. The highest BCUT2D eigenvalue weighted by atomic mass is 32.1. The molecule has 31 heavy (non-hydrogen) atoms. The van der Waals surface area contributed by atoms with Gasteiger partial charge in [-0.15, -0.1) is 0 Å². The lowest BCUT2D eigenvalue weighted by Crippen LogP contribution is -2.46. The van der Waals surface area contributed by atoms with Crippen molar-refractivity contribution in [1.82, 2.24) is 9.88 Å². The predicted molar refractivity (Wildman–Crippen MR) is 119 cm³/mol. The number of aromatic nitrogens is 1. The minimum atomic E-state index is -4.27. The number of aromatic hydroxyl groups is 1. The number of halogens is 3. The third-order valence-electron chi connectivity index (χ3n) is 5.82. The van der Waals surface area contributed by atoms with Gasteiger partial charge in [0.1, 0.15) is 0 Å². The van der Waals surface area contributed by atoms with E-state index >= 15 is 0 Å². The zero-order valence-electron chi connectivity index (χ0n) is 17.2. The number of hydrogen-bond donors (Lipinski definition) is 1. The largest absolute Gasteiger partial charge is 0.486 e. The molecule has 0 unspecified atom stereocenters. The normalized spacial score (nSPS) is 15.6. The Balaban J connectivity index is 1.17. The maximum absolute atomic E-state index is 12.6. The Morgan fingerprint density at radius 1 is 0.935 bits per heavy atom. The van der Waals surface area contributed by atoms with Gasteiger partial charge in [0.25, 0.3) is 5.19 Å². The number of anilines is 1. The summed E-state index contributed by atoms with van der Waals surface area (Å²) in [6.07, 6.45) is -0.295. The van der Waals surface area contributed by atoms with Gasteiger partial charge in [-0.1, -0.05) is 36.0 Å². The highest BCUT2D eigenvalue weighted by molar-refractivity contribution is 7.20. The molecule has 166 valence electrons. The lowest BCUT2D eigenvalue weighted by molar-refractivity contribution is -0.137. The van der Waals surface area contributed by atoms with Crippen LogP contribution in [0.25, 0.3) is 10.2 Å². The summed E-state index contributed by atoms with van der Waals surface area (Å²) in [7, 11) is 0. The third-order valence-corrected chi connectivity index (χ3v) is 6.71. The van der Waals surface area contributed by atoms with Gasteiger partial charge in [0.15, 0.2) is 0 Å². The number of benzene rings is 2. The van der Waals surface area contributed by atoms with Crippen LogP contribution < -0.4 is 4.90 Å². The lowest BCUT2D eigenvalue weighted by Gasteiger charge is -2.36. The van der Waals surface area contributed by atoms with Crippen LogP contribution in [-0.4, -0.2) is 47.7 Å². The Hall–Kier alpha value is -2.32. The first-order valence-electron chi connectivity index (χ1n) is 10.6. The molecule has 2 heterocycles. The zero-order chi connectivity index (χ0) is 21.8. The number of piperazine rings is 1. The molecule has 1 fully saturated rings. The fourth-order valence-corrected chi connectivity index (χ4v) is 4.93. The van der Waals surface area contributed by atoms with Crippen LogP contribution in [0.3, 0.4) is 0 Å². The summed E-state index contributed by atoms with van der Waals surface area (Å²) in [5.41, 5.74) is 2.37. The topological polar surface area (TPSA) is 39.6 Å². The van der Waals surface area contributed by atoms with Crippen molar-refractivity contribution in [3.8, 4) is 5.19 Å².